The van der Waals surface area contributed by atoms with Gasteiger partial charge in [-0.3, -0.25) is 0 Å². The van der Waals surface area contributed by atoms with E-state index in [4.69, 9.17) is 4.42 Å². The number of alkyl halides is 1. The SMILES string of the molecule is O=c1cc(CBr)c2cc(O)ccc2o1. The van der Waals surface area contributed by atoms with Gasteiger partial charge in [-0.1, -0.05) is 15.9 Å². The number of aromatic hydroxyl groups is 1. The van der Waals surface area contributed by atoms with Crippen molar-refractivity contribution in [2.45, 2.75) is 5.33 Å². The zero-order valence-electron chi connectivity index (χ0n) is 7.16. The largest absolute Gasteiger partial charge is 0.508 e. The first kappa shape index (κ1) is 9.27. The summed E-state index contributed by atoms with van der Waals surface area (Å²) < 4.78 is 4.97. The van der Waals surface area contributed by atoms with Crippen LogP contribution in [-0.4, -0.2) is 5.11 Å². The Morgan fingerprint density at radius 3 is 2.86 bits per heavy atom. The van der Waals surface area contributed by atoms with E-state index >= 15 is 0 Å². The van der Waals surface area contributed by atoms with Gasteiger partial charge in [0.15, 0.2) is 0 Å². The van der Waals surface area contributed by atoms with E-state index in [1.807, 2.05) is 0 Å². The van der Waals surface area contributed by atoms with Crippen molar-refractivity contribution in [1.82, 2.24) is 0 Å². The molecule has 3 nitrogen and oxygen atoms in total. The first-order valence-corrected chi connectivity index (χ1v) is 5.14. The molecule has 0 fully saturated rings. The fourth-order valence-corrected chi connectivity index (χ4v) is 1.79. The van der Waals surface area contributed by atoms with Crippen molar-refractivity contribution < 1.29 is 9.52 Å². The topological polar surface area (TPSA) is 50.4 Å². The summed E-state index contributed by atoms with van der Waals surface area (Å²) in [6.45, 7) is 0. The minimum absolute atomic E-state index is 0.161. The van der Waals surface area contributed by atoms with E-state index in [-0.39, 0.29) is 11.4 Å². The van der Waals surface area contributed by atoms with E-state index in [1.165, 1.54) is 12.1 Å². The third kappa shape index (κ3) is 1.53. The molecule has 2 aromatic rings. The van der Waals surface area contributed by atoms with E-state index < -0.39 is 0 Å². The second-order valence-electron chi connectivity index (χ2n) is 2.90. The molecule has 1 N–H and O–H groups in total. The number of phenolic OH excluding ortho intramolecular Hbond substituents is 1. The third-order valence-corrected chi connectivity index (χ3v) is 2.56. The Balaban J connectivity index is 2.88. The Bertz CT molecular complexity index is 530. The summed E-state index contributed by atoms with van der Waals surface area (Å²) >= 11 is 3.28. The second-order valence-corrected chi connectivity index (χ2v) is 3.47. The van der Waals surface area contributed by atoms with Gasteiger partial charge in [0.1, 0.15) is 11.3 Å². The quantitative estimate of drug-likeness (QED) is 0.628. The highest BCUT2D eigenvalue weighted by atomic mass is 79.9. The molecule has 0 amide bonds. The van der Waals surface area contributed by atoms with Gasteiger partial charge in [-0.15, -0.1) is 0 Å². The first-order valence-electron chi connectivity index (χ1n) is 4.02. The smallest absolute Gasteiger partial charge is 0.336 e. The lowest BCUT2D eigenvalue weighted by atomic mass is 10.1. The summed E-state index contributed by atoms with van der Waals surface area (Å²) in [5.41, 5.74) is 0.925. The lowest BCUT2D eigenvalue weighted by Gasteiger charge is -2.01. The molecular weight excluding hydrogens is 248 g/mol. The van der Waals surface area contributed by atoms with E-state index in [2.05, 4.69) is 15.9 Å². The fraction of sp³-hybridized carbons (Fsp3) is 0.100. The molecule has 1 heterocycles. The molecule has 0 aliphatic carbocycles. The highest BCUT2D eigenvalue weighted by Gasteiger charge is 2.04. The number of benzene rings is 1. The maximum atomic E-state index is 11.1. The maximum Gasteiger partial charge on any atom is 0.336 e. The molecule has 14 heavy (non-hydrogen) atoms. The molecular formula is C10H7BrO3. The van der Waals surface area contributed by atoms with Crippen molar-refractivity contribution in [3.63, 3.8) is 0 Å². The van der Waals surface area contributed by atoms with Gasteiger partial charge in [0, 0.05) is 16.8 Å². The molecule has 0 spiro atoms. The molecule has 0 atom stereocenters. The number of phenols is 1. The Morgan fingerprint density at radius 2 is 2.14 bits per heavy atom. The molecule has 0 saturated carbocycles. The summed E-state index contributed by atoms with van der Waals surface area (Å²) in [7, 11) is 0. The standard InChI is InChI=1S/C10H7BrO3/c11-5-6-3-10(13)14-9-2-1-7(12)4-8(6)9/h1-4,12H,5H2. The predicted molar refractivity (Wildman–Crippen MR) is 56.8 cm³/mol. The molecule has 0 bridgehead atoms. The average molecular weight is 255 g/mol. The van der Waals surface area contributed by atoms with E-state index in [1.54, 1.807) is 12.1 Å². The second kappa shape index (κ2) is 3.46. The third-order valence-electron chi connectivity index (χ3n) is 1.96. The molecule has 4 heteroatoms. The van der Waals surface area contributed by atoms with E-state index in [0.717, 1.165) is 10.9 Å². The Kier molecular flexibility index (Phi) is 2.29. The van der Waals surface area contributed by atoms with Crippen LogP contribution in [0.3, 0.4) is 0 Å². The van der Waals surface area contributed by atoms with Crippen LogP contribution in [0.4, 0.5) is 0 Å². The van der Waals surface area contributed by atoms with Gasteiger partial charge in [-0.2, -0.15) is 0 Å². The van der Waals surface area contributed by atoms with Gasteiger partial charge in [-0.05, 0) is 23.8 Å². The van der Waals surface area contributed by atoms with Crippen LogP contribution in [0, 0.1) is 0 Å². The van der Waals surface area contributed by atoms with Gasteiger partial charge in [0.2, 0.25) is 0 Å². The molecule has 0 unspecified atom stereocenters. The van der Waals surface area contributed by atoms with Crippen molar-refractivity contribution in [2.24, 2.45) is 0 Å². The number of hydrogen-bond donors (Lipinski definition) is 1. The van der Waals surface area contributed by atoms with Crippen molar-refractivity contribution in [3.8, 4) is 5.75 Å². The molecule has 1 aromatic carbocycles. The maximum absolute atomic E-state index is 11.1. The van der Waals surface area contributed by atoms with Gasteiger partial charge in [0.05, 0.1) is 0 Å². The van der Waals surface area contributed by atoms with Crippen molar-refractivity contribution in [1.29, 1.82) is 0 Å². The van der Waals surface area contributed by atoms with Crippen LogP contribution in [-0.2, 0) is 5.33 Å². The van der Waals surface area contributed by atoms with Crippen LogP contribution in [0.1, 0.15) is 5.56 Å². The Morgan fingerprint density at radius 1 is 1.36 bits per heavy atom. The number of rotatable bonds is 1. The van der Waals surface area contributed by atoms with Gasteiger partial charge >= 0.3 is 5.63 Å². The van der Waals surface area contributed by atoms with E-state index in [0.29, 0.717) is 10.9 Å². The van der Waals surface area contributed by atoms with Gasteiger partial charge in [0.25, 0.3) is 0 Å². The minimum Gasteiger partial charge on any atom is -0.508 e. The summed E-state index contributed by atoms with van der Waals surface area (Å²) in [5.74, 6) is 0.161. The van der Waals surface area contributed by atoms with Crippen LogP contribution in [0.15, 0.2) is 33.5 Å². The fourth-order valence-electron chi connectivity index (χ4n) is 1.33. The molecule has 0 aliphatic rings. The van der Waals surface area contributed by atoms with Crippen LogP contribution < -0.4 is 5.63 Å². The summed E-state index contributed by atoms with van der Waals surface area (Å²) in [6.07, 6.45) is 0. The molecule has 72 valence electrons. The van der Waals surface area contributed by atoms with Gasteiger partial charge in [-0.25, -0.2) is 4.79 Å². The normalized spacial score (nSPS) is 10.6. The summed E-state index contributed by atoms with van der Waals surface area (Å²) in [6, 6.07) is 6.06. The Hall–Kier alpha value is -1.29. The van der Waals surface area contributed by atoms with Crippen molar-refractivity contribution in [2.75, 3.05) is 0 Å². The van der Waals surface area contributed by atoms with Gasteiger partial charge < -0.3 is 9.52 Å². The summed E-state index contributed by atoms with van der Waals surface area (Å²) in [4.78, 5) is 11.1. The summed E-state index contributed by atoms with van der Waals surface area (Å²) in [5, 5.41) is 10.6. The van der Waals surface area contributed by atoms with Crippen LogP contribution in [0.2, 0.25) is 0 Å². The predicted octanol–water partition coefficient (Wildman–Crippen LogP) is 2.39. The first-order chi connectivity index (χ1) is 6.70. The lowest BCUT2D eigenvalue weighted by Crippen LogP contribution is -1.98. The average Bonchev–Trinajstić information content (AvgIpc) is 2.17. The Labute approximate surface area is 88.1 Å². The zero-order chi connectivity index (χ0) is 10.1. The monoisotopic (exact) mass is 254 g/mol. The minimum atomic E-state index is -0.377. The molecule has 0 radical (unpaired) electrons. The van der Waals surface area contributed by atoms with Crippen LogP contribution in [0.5, 0.6) is 5.75 Å². The highest BCUT2D eigenvalue weighted by molar-refractivity contribution is 9.08. The number of fused-ring (bicyclic) bond motifs is 1. The number of hydrogen-bond acceptors (Lipinski definition) is 3. The number of halogens is 1. The van der Waals surface area contributed by atoms with E-state index in [9.17, 15) is 9.90 Å². The van der Waals surface area contributed by atoms with Crippen molar-refractivity contribution >= 4 is 26.9 Å². The zero-order valence-corrected chi connectivity index (χ0v) is 8.74. The highest BCUT2D eigenvalue weighted by Crippen LogP contribution is 2.23. The molecule has 1 aromatic heterocycles. The van der Waals surface area contributed by atoms with Crippen LogP contribution in [0.25, 0.3) is 11.0 Å². The molecule has 0 saturated heterocycles. The van der Waals surface area contributed by atoms with Crippen LogP contribution >= 0.6 is 15.9 Å². The molecule has 2 rings (SSSR count). The molecule has 0 aliphatic heterocycles. The lowest BCUT2D eigenvalue weighted by molar-refractivity contribution is 0.475. The van der Waals surface area contributed by atoms with Crippen molar-refractivity contribution in [3.05, 3.63) is 40.2 Å².